The molecule has 1 unspecified atom stereocenters. The van der Waals surface area contributed by atoms with Crippen LogP contribution < -0.4 is 5.30 Å². The minimum atomic E-state index is -1.11. The van der Waals surface area contributed by atoms with Crippen LogP contribution in [0.15, 0.2) is 66.9 Å². The van der Waals surface area contributed by atoms with E-state index in [9.17, 15) is 4.89 Å². The molecule has 2 nitrogen and oxygen atoms in total. The van der Waals surface area contributed by atoms with Gasteiger partial charge in [0, 0.05) is 30.3 Å². The van der Waals surface area contributed by atoms with Crippen molar-refractivity contribution in [2.24, 2.45) is 0 Å². The Balaban J connectivity index is 2.57. The molecule has 0 aliphatic heterocycles. The van der Waals surface area contributed by atoms with E-state index >= 15 is 0 Å². The molecule has 0 heterocycles. The van der Waals surface area contributed by atoms with E-state index in [1.165, 1.54) is 31.4 Å². The summed E-state index contributed by atoms with van der Waals surface area (Å²) in [5, 5.41) is 1.03. The van der Waals surface area contributed by atoms with Crippen LogP contribution in [0, 0.1) is 0 Å². The van der Waals surface area contributed by atoms with Crippen molar-refractivity contribution in [3.63, 3.8) is 0 Å². The van der Waals surface area contributed by atoms with Crippen molar-refractivity contribution in [1.82, 2.24) is 4.90 Å². The summed E-state index contributed by atoms with van der Waals surface area (Å²) in [6, 6.07) is 9.92. The summed E-state index contributed by atoms with van der Waals surface area (Å²) < 4.78 is 0. The first-order valence-electron chi connectivity index (χ1n) is 8.93. The number of hydrogen-bond acceptors (Lipinski definition) is 2. The molecule has 0 saturated carbocycles. The van der Waals surface area contributed by atoms with Crippen LogP contribution in [0.2, 0.25) is 0 Å². The van der Waals surface area contributed by atoms with Gasteiger partial charge in [-0.3, -0.25) is 0 Å². The number of rotatable bonds is 12. The average Bonchev–Trinajstić information content (AvgIpc) is 2.62. The largest absolute Gasteiger partial charge is 0.369 e. The average molecular weight is 345 g/mol. The molecule has 24 heavy (non-hydrogen) atoms. The monoisotopic (exact) mass is 345 g/mol. The second-order valence-corrected chi connectivity index (χ2v) is 7.51. The molecule has 1 aromatic carbocycles. The Bertz CT molecular complexity index is 510. The third-order valence-electron chi connectivity index (χ3n) is 3.91. The first kappa shape index (κ1) is 20.7. The van der Waals surface area contributed by atoms with Gasteiger partial charge in [0.15, 0.2) is 0 Å². The third-order valence-corrected chi connectivity index (χ3v) is 5.36. The Morgan fingerprint density at radius 3 is 2.58 bits per heavy atom. The fourth-order valence-electron chi connectivity index (χ4n) is 2.57. The number of benzene rings is 1. The highest BCUT2D eigenvalue weighted by Crippen LogP contribution is 2.28. The van der Waals surface area contributed by atoms with E-state index in [1.54, 1.807) is 0 Å². The lowest BCUT2D eigenvalue weighted by molar-refractivity contribution is 0.375. The molecular weight excluding hydrogens is 313 g/mol. The van der Waals surface area contributed by atoms with Gasteiger partial charge < -0.3 is 9.79 Å². The van der Waals surface area contributed by atoms with Gasteiger partial charge in [0.1, 0.15) is 0 Å². The van der Waals surface area contributed by atoms with Gasteiger partial charge in [-0.1, -0.05) is 74.7 Å². The van der Waals surface area contributed by atoms with Crippen LogP contribution in [0.5, 0.6) is 0 Å². The smallest absolute Gasteiger partial charge is 0.0602 e. The van der Waals surface area contributed by atoms with E-state index in [1.807, 2.05) is 36.4 Å². The molecule has 1 N–H and O–H groups in total. The molecule has 0 spiro atoms. The van der Waals surface area contributed by atoms with E-state index in [-0.39, 0.29) is 0 Å². The Kier molecular flexibility index (Phi) is 11.2. The van der Waals surface area contributed by atoms with Crippen LogP contribution in [-0.2, 0) is 0 Å². The first-order chi connectivity index (χ1) is 11.7. The summed E-state index contributed by atoms with van der Waals surface area (Å²) >= 11 is 0. The van der Waals surface area contributed by atoms with Gasteiger partial charge in [-0.15, -0.1) is 6.58 Å². The normalized spacial score (nSPS) is 13.2. The Hall–Kier alpha value is -1.37. The maximum Gasteiger partial charge on any atom is 0.0602 e. The number of hydrogen-bond donors (Lipinski definition) is 1. The highest BCUT2D eigenvalue weighted by Gasteiger charge is 2.06. The zero-order valence-corrected chi connectivity index (χ0v) is 16.1. The van der Waals surface area contributed by atoms with Gasteiger partial charge in [-0.25, -0.2) is 0 Å². The molecule has 0 bridgehead atoms. The first-order valence-corrected chi connectivity index (χ1v) is 10.4. The lowest BCUT2D eigenvalue weighted by atomic mass is 10.2. The molecule has 1 atom stereocenters. The summed E-state index contributed by atoms with van der Waals surface area (Å²) in [5.74, 6) is 0. The fraction of sp³-hybridized carbons (Fsp3) is 0.429. The maximum atomic E-state index is 10.3. The SMILES string of the molecule is C=CCN(CCCCCC)C(/C=C\CP(O)c1ccccc1)=C/C. The molecule has 3 heteroatoms. The molecule has 1 aromatic rings. The topological polar surface area (TPSA) is 23.5 Å². The molecule has 0 amide bonds. The molecule has 0 aromatic heterocycles. The Labute approximate surface area is 149 Å². The predicted molar refractivity (Wildman–Crippen MR) is 109 cm³/mol. The van der Waals surface area contributed by atoms with Crippen molar-refractivity contribution >= 4 is 13.5 Å². The molecule has 0 aliphatic rings. The second kappa shape index (κ2) is 13.0. The lowest BCUT2D eigenvalue weighted by Gasteiger charge is -2.24. The molecule has 0 radical (unpaired) electrons. The standard InChI is InChI=1S/C21H32NOP/c1-4-7-8-12-18-22(17-5-2)20(6-3)14-13-19-24(23)21-15-10-9-11-16-21/h5-6,9-11,13-16,23H,2,4,7-8,12,17-19H2,1,3H3/b14-13-,20-6+. The molecule has 0 aliphatic carbocycles. The highest BCUT2D eigenvalue weighted by molar-refractivity contribution is 7.60. The van der Waals surface area contributed by atoms with Crippen LogP contribution in [-0.4, -0.2) is 29.0 Å². The minimum absolute atomic E-state index is 0.689. The molecule has 132 valence electrons. The van der Waals surface area contributed by atoms with Gasteiger partial charge in [0.25, 0.3) is 0 Å². The Morgan fingerprint density at radius 2 is 1.96 bits per heavy atom. The number of allylic oxidation sites excluding steroid dienone is 3. The quantitative estimate of drug-likeness (QED) is 0.243. The minimum Gasteiger partial charge on any atom is -0.369 e. The van der Waals surface area contributed by atoms with Crippen LogP contribution in [0.4, 0.5) is 0 Å². The van der Waals surface area contributed by atoms with Crippen molar-refractivity contribution in [1.29, 1.82) is 0 Å². The number of unbranched alkanes of at least 4 members (excludes halogenated alkanes) is 3. The highest BCUT2D eigenvalue weighted by atomic mass is 31.1. The van der Waals surface area contributed by atoms with Gasteiger partial charge in [-0.05, 0) is 19.4 Å². The van der Waals surface area contributed by atoms with Crippen molar-refractivity contribution < 1.29 is 4.89 Å². The third kappa shape index (κ3) is 7.95. The van der Waals surface area contributed by atoms with Gasteiger partial charge in [0.05, 0.1) is 8.15 Å². The number of nitrogens with zero attached hydrogens (tertiary/aromatic N) is 1. The summed E-state index contributed by atoms with van der Waals surface area (Å²) in [5.41, 5.74) is 1.21. The summed E-state index contributed by atoms with van der Waals surface area (Å²) in [4.78, 5) is 12.7. The van der Waals surface area contributed by atoms with Crippen LogP contribution in [0.25, 0.3) is 0 Å². The lowest BCUT2D eigenvalue weighted by Crippen LogP contribution is -2.23. The van der Waals surface area contributed by atoms with E-state index in [4.69, 9.17) is 0 Å². The molecule has 1 rings (SSSR count). The Morgan fingerprint density at radius 1 is 1.21 bits per heavy atom. The van der Waals surface area contributed by atoms with Gasteiger partial charge in [-0.2, -0.15) is 0 Å². The summed E-state index contributed by atoms with van der Waals surface area (Å²) in [7, 11) is -1.11. The van der Waals surface area contributed by atoms with E-state index in [0.29, 0.717) is 6.16 Å². The van der Waals surface area contributed by atoms with Crippen molar-refractivity contribution in [3.05, 3.63) is 66.9 Å². The van der Waals surface area contributed by atoms with E-state index in [0.717, 1.165) is 18.4 Å². The van der Waals surface area contributed by atoms with Crippen LogP contribution >= 0.6 is 8.15 Å². The van der Waals surface area contributed by atoms with Crippen molar-refractivity contribution in [2.45, 2.75) is 39.5 Å². The van der Waals surface area contributed by atoms with E-state index in [2.05, 4.69) is 43.6 Å². The second-order valence-electron chi connectivity index (χ2n) is 5.83. The van der Waals surface area contributed by atoms with E-state index < -0.39 is 8.15 Å². The summed E-state index contributed by atoms with van der Waals surface area (Å²) in [6.45, 7) is 10.1. The zero-order chi connectivity index (χ0) is 17.6. The molecule has 0 saturated heterocycles. The van der Waals surface area contributed by atoms with Crippen LogP contribution in [0.3, 0.4) is 0 Å². The zero-order valence-electron chi connectivity index (χ0n) is 15.2. The molecule has 0 fully saturated rings. The van der Waals surface area contributed by atoms with Gasteiger partial charge in [0.2, 0.25) is 0 Å². The predicted octanol–water partition coefficient (Wildman–Crippen LogP) is 5.23. The van der Waals surface area contributed by atoms with Gasteiger partial charge >= 0.3 is 0 Å². The summed E-state index contributed by atoms with van der Waals surface area (Å²) in [6.07, 6.45) is 14.1. The van der Waals surface area contributed by atoms with Crippen LogP contribution in [0.1, 0.15) is 39.5 Å². The van der Waals surface area contributed by atoms with Crippen molar-refractivity contribution in [3.8, 4) is 0 Å². The molecular formula is C21H32NOP. The fourth-order valence-corrected chi connectivity index (χ4v) is 3.61. The maximum absolute atomic E-state index is 10.3. The van der Waals surface area contributed by atoms with Crippen molar-refractivity contribution in [2.75, 3.05) is 19.3 Å².